The smallest absolute Gasteiger partial charge is 0.407 e. The largest absolute Gasteiger partial charge is 0.444 e. The molecule has 1 heterocycles. The highest BCUT2D eigenvalue weighted by molar-refractivity contribution is 14.0. The molecule has 2 amide bonds. The number of anilines is 1. The lowest BCUT2D eigenvalue weighted by Gasteiger charge is -2.23. The van der Waals surface area contributed by atoms with Crippen LogP contribution in [0.4, 0.5) is 10.5 Å². The second-order valence-electron chi connectivity index (χ2n) is 8.82. The first-order chi connectivity index (χ1) is 14.1. The van der Waals surface area contributed by atoms with E-state index in [4.69, 9.17) is 4.74 Å². The number of nitrogens with zero attached hydrogens (tertiary/aromatic N) is 2. The molecule has 3 N–H and O–H groups in total. The number of guanidine groups is 1. The zero-order chi connectivity index (χ0) is 22.3. The number of rotatable bonds is 5. The van der Waals surface area contributed by atoms with Crippen molar-refractivity contribution in [1.82, 2.24) is 15.5 Å². The summed E-state index contributed by atoms with van der Waals surface area (Å²) in [7, 11) is 1.75. The maximum absolute atomic E-state index is 12.0. The van der Waals surface area contributed by atoms with Gasteiger partial charge in [0.1, 0.15) is 5.60 Å². The molecule has 31 heavy (non-hydrogen) atoms. The molecule has 0 saturated carbocycles. The van der Waals surface area contributed by atoms with E-state index in [0.29, 0.717) is 13.1 Å². The molecular formula is C22H36IN5O3. The van der Waals surface area contributed by atoms with Gasteiger partial charge >= 0.3 is 6.09 Å². The number of likely N-dealkylation sites (tertiary alicyclic amines) is 1. The minimum Gasteiger partial charge on any atom is -0.444 e. The average molecular weight is 545 g/mol. The first-order valence-corrected chi connectivity index (χ1v) is 10.4. The molecule has 174 valence electrons. The van der Waals surface area contributed by atoms with Crippen molar-refractivity contribution in [3.8, 4) is 0 Å². The van der Waals surface area contributed by atoms with Crippen LogP contribution in [0.2, 0.25) is 0 Å². The molecule has 8 nitrogen and oxygen atoms in total. The van der Waals surface area contributed by atoms with Crippen LogP contribution in [0.1, 0.15) is 46.6 Å². The van der Waals surface area contributed by atoms with E-state index in [1.54, 1.807) is 7.05 Å². The molecule has 0 spiro atoms. The Morgan fingerprint density at radius 3 is 2.42 bits per heavy atom. The molecule has 2 rings (SSSR count). The monoisotopic (exact) mass is 545 g/mol. The number of alkyl carbamates (subject to hydrolysis) is 1. The Kier molecular flexibility index (Phi) is 10.5. The summed E-state index contributed by atoms with van der Waals surface area (Å²) in [6.45, 7) is 11.4. The maximum atomic E-state index is 12.0. The van der Waals surface area contributed by atoms with E-state index >= 15 is 0 Å². The molecule has 1 aromatic carbocycles. The van der Waals surface area contributed by atoms with Crippen LogP contribution in [-0.4, -0.2) is 54.6 Å². The lowest BCUT2D eigenvalue weighted by molar-refractivity contribution is -0.118. The number of carbonyl (C=O) groups is 2. The van der Waals surface area contributed by atoms with Gasteiger partial charge in [-0.2, -0.15) is 0 Å². The zero-order valence-electron chi connectivity index (χ0n) is 19.3. The van der Waals surface area contributed by atoms with Crippen molar-refractivity contribution in [1.29, 1.82) is 0 Å². The molecule has 1 saturated heterocycles. The zero-order valence-corrected chi connectivity index (χ0v) is 21.7. The molecule has 0 bridgehead atoms. The third-order valence-corrected chi connectivity index (χ3v) is 4.62. The molecule has 1 aromatic rings. The predicted octanol–water partition coefficient (Wildman–Crippen LogP) is 3.57. The van der Waals surface area contributed by atoms with Crippen LogP contribution in [0.25, 0.3) is 0 Å². The minimum atomic E-state index is -0.507. The fourth-order valence-electron chi connectivity index (χ4n) is 3.05. The summed E-state index contributed by atoms with van der Waals surface area (Å²) in [5.41, 5.74) is 1.37. The van der Waals surface area contributed by atoms with Gasteiger partial charge in [-0.25, -0.2) is 4.79 Å². The lowest BCUT2D eigenvalue weighted by atomic mass is 10.1. The van der Waals surface area contributed by atoms with E-state index in [2.05, 4.69) is 25.8 Å². The Balaban J connectivity index is 0.00000480. The Labute approximate surface area is 202 Å². The number of hydrogen-bond acceptors (Lipinski definition) is 4. The van der Waals surface area contributed by atoms with Crippen LogP contribution in [-0.2, 0) is 16.1 Å². The highest BCUT2D eigenvalue weighted by Crippen LogP contribution is 2.13. The van der Waals surface area contributed by atoms with E-state index in [9.17, 15) is 9.59 Å². The molecule has 1 fully saturated rings. The summed E-state index contributed by atoms with van der Waals surface area (Å²) in [6, 6.07) is 7.79. The van der Waals surface area contributed by atoms with Gasteiger partial charge < -0.3 is 25.6 Å². The fourth-order valence-corrected chi connectivity index (χ4v) is 3.05. The first kappa shape index (κ1) is 27.0. The molecule has 0 radical (unpaired) electrons. The molecule has 9 heteroatoms. The summed E-state index contributed by atoms with van der Waals surface area (Å²) in [5.74, 6) is 0.745. The van der Waals surface area contributed by atoms with Crippen molar-refractivity contribution >= 4 is 47.6 Å². The van der Waals surface area contributed by atoms with Crippen molar-refractivity contribution in [2.24, 2.45) is 10.9 Å². The normalized spacial score (nSPS) is 16.5. The van der Waals surface area contributed by atoms with Crippen LogP contribution in [0, 0.1) is 5.92 Å². The van der Waals surface area contributed by atoms with Gasteiger partial charge in [0, 0.05) is 38.3 Å². The molecular weight excluding hydrogens is 509 g/mol. The lowest BCUT2D eigenvalue weighted by Crippen LogP contribution is -2.44. The van der Waals surface area contributed by atoms with Crippen molar-refractivity contribution in [3.63, 3.8) is 0 Å². The van der Waals surface area contributed by atoms with Gasteiger partial charge in [-0.15, -0.1) is 24.0 Å². The van der Waals surface area contributed by atoms with Gasteiger partial charge in [0.25, 0.3) is 0 Å². The Hall–Kier alpha value is -2.04. The van der Waals surface area contributed by atoms with Gasteiger partial charge in [-0.05, 0) is 44.9 Å². The van der Waals surface area contributed by atoms with E-state index < -0.39 is 5.60 Å². The van der Waals surface area contributed by atoms with E-state index in [1.807, 2.05) is 58.9 Å². The molecule has 0 aromatic heterocycles. The molecule has 1 aliphatic rings. The number of hydrogen-bond donors (Lipinski definition) is 3. The topological polar surface area (TPSA) is 95.1 Å². The van der Waals surface area contributed by atoms with Crippen molar-refractivity contribution in [2.75, 3.05) is 25.5 Å². The van der Waals surface area contributed by atoms with Crippen molar-refractivity contribution in [2.45, 2.75) is 59.2 Å². The number of halogens is 1. The number of ether oxygens (including phenoxy) is 1. The van der Waals surface area contributed by atoms with Crippen LogP contribution < -0.4 is 16.0 Å². The SMILES string of the molecule is CN=C(NCc1ccc(NC(=O)C(C)C)cc1)N1CCC(NC(=O)OC(C)(C)C)C1.I. The summed E-state index contributed by atoms with van der Waals surface area (Å²) in [5, 5.41) is 9.18. The number of carbonyl (C=O) groups excluding carboxylic acids is 2. The fraction of sp³-hybridized carbons (Fsp3) is 0.591. The molecule has 1 unspecified atom stereocenters. The second kappa shape index (κ2) is 12.1. The number of nitrogens with one attached hydrogen (secondary N) is 3. The number of aliphatic imine (C=N–C) groups is 1. The minimum absolute atomic E-state index is 0. The van der Waals surface area contributed by atoms with Gasteiger partial charge in [0.15, 0.2) is 5.96 Å². The maximum Gasteiger partial charge on any atom is 0.407 e. The van der Waals surface area contributed by atoms with E-state index in [0.717, 1.165) is 30.2 Å². The van der Waals surface area contributed by atoms with Crippen molar-refractivity contribution < 1.29 is 14.3 Å². The summed E-state index contributed by atoms with van der Waals surface area (Å²) >= 11 is 0. The Morgan fingerprint density at radius 1 is 1.23 bits per heavy atom. The van der Waals surface area contributed by atoms with Gasteiger partial charge in [0.05, 0.1) is 6.04 Å². The summed E-state index contributed by atoms with van der Waals surface area (Å²) < 4.78 is 5.33. The highest BCUT2D eigenvalue weighted by atomic mass is 127. The Morgan fingerprint density at radius 2 is 1.87 bits per heavy atom. The van der Waals surface area contributed by atoms with Crippen LogP contribution in [0.3, 0.4) is 0 Å². The second-order valence-corrected chi connectivity index (χ2v) is 8.82. The van der Waals surface area contributed by atoms with Crippen molar-refractivity contribution in [3.05, 3.63) is 29.8 Å². The number of benzene rings is 1. The average Bonchev–Trinajstić information content (AvgIpc) is 3.10. The first-order valence-electron chi connectivity index (χ1n) is 10.4. The number of amides is 2. The van der Waals surface area contributed by atoms with E-state index in [-0.39, 0.29) is 47.9 Å². The molecule has 1 atom stereocenters. The van der Waals surface area contributed by atoms with Crippen LogP contribution in [0.5, 0.6) is 0 Å². The van der Waals surface area contributed by atoms with Gasteiger partial charge in [-0.3, -0.25) is 9.79 Å². The highest BCUT2D eigenvalue weighted by Gasteiger charge is 2.27. The predicted molar refractivity (Wildman–Crippen MR) is 135 cm³/mol. The van der Waals surface area contributed by atoms with Gasteiger partial charge in [-0.1, -0.05) is 26.0 Å². The van der Waals surface area contributed by atoms with Crippen LogP contribution in [0.15, 0.2) is 29.3 Å². The molecule has 1 aliphatic heterocycles. The van der Waals surface area contributed by atoms with E-state index in [1.165, 1.54) is 0 Å². The third-order valence-electron chi connectivity index (χ3n) is 4.62. The third kappa shape index (κ3) is 9.32. The Bertz CT molecular complexity index is 759. The standard InChI is InChI=1S/C22H35N5O3.HI/c1-15(2)19(28)25-17-9-7-16(8-10-17)13-24-20(23-6)27-12-11-18(14-27)26-21(29)30-22(3,4)5;/h7-10,15,18H,11-14H2,1-6H3,(H,23,24)(H,25,28)(H,26,29);1H. The summed E-state index contributed by atoms with van der Waals surface area (Å²) in [6.07, 6.45) is 0.450. The molecule has 0 aliphatic carbocycles. The quantitative estimate of drug-likeness (QED) is 0.299. The summed E-state index contributed by atoms with van der Waals surface area (Å²) in [4.78, 5) is 30.2. The van der Waals surface area contributed by atoms with Crippen LogP contribution >= 0.6 is 24.0 Å². The van der Waals surface area contributed by atoms with Gasteiger partial charge in [0.2, 0.25) is 5.91 Å².